The van der Waals surface area contributed by atoms with E-state index in [2.05, 4.69) is 9.82 Å². The average molecular weight is 481 g/mol. The summed E-state index contributed by atoms with van der Waals surface area (Å²) >= 11 is 0. The fourth-order valence-corrected chi connectivity index (χ4v) is 5.36. The Kier molecular flexibility index (Phi) is 5.21. The second kappa shape index (κ2) is 8.11. The Morgan fingerprint density at radius 2 is 1.91 bits per heavy atom. The molecule has 0 aliphatic carbocycles. The van der Waals surface area contributed by atoms with Gasteiger partial charge >= 0.3 is 0 Å². The van der Waals surface area contributed by atoms with Gasteiger partial charge in [0, 0.05) is 18.3 Å². The van der Waals surface area contributed by atoms with E-state index in [-0.39, 0.29) is 41.2 Å². The maximum absolute atomic E-state index is 13.6. The molecule has 11 nitrogen and oxygen atoms in total. The number of nitro benzene ring substituents is 1. The number of hydrogen-bond donors (Lipinski definition) is 4. The van der Waals surface area contributed by atoms with Gasteiger partial charge in [-0.2, -0.15) is 0 Å². The summed E-state index contributed by atoms with van der Waals surface area (Å²) in [7, 11) is -3.49. The molecular formula is C22H19N5O6S. The molecule has 0 atom stereocenters. The van der Waals surface area contributed by atoms with Crippen LogP contribution in [0.15, 0.2) is 76.6 Å². The highest BCUT2D eigenvalue weighted by Gasteiger charge is 2.32. The number of fused-ring (bicyclic) bond motifs is 2. The maximum atomic E-state index is 13.6. The van der Waals surface area contributed by atoms with Gasteiger partial charge in [0.1, 0.15) is 5.65 Å². The molecule has 0 spiro atoms. The summed E-state index contributed by atoms with van der Waals surface area (Å²) in [4.78, 5) is 31.4. The smallest absolute Gasteiger partial charge is 0.281 e. The number of nitrogens with one attached hydrogen (secondary N) is 1. The molecular weight excluding hydrogens is 462 g/mol. The number of anilines is 1. The largest absolute Gasteiger partial charge is 0.505 e. The molecule has 4 aromatic rings. The molecule has 0 fully saturated rings. The predicted octanol–water partition coefficient (Wildman–Crippen LogP) is 3.61. The Bertz CT molecular complexity index is 1510. The monoisotopic (exact) mass is 481 g/mol. The minimum Gasteiger partial charge on any atom is -0.505 e. The van der Waals surface area contributed by atoms with Crippen molar-refractivity contribution in [3.05, 3.63) is 98.5 Å². The zero-order valence-electron chi connectivity index (χ0n) is 17.5. The normalized spacial score (nSPS) is 15.6. The van der Waals surface area contributed by atoms with E-state index in [0.717, 1.165) is 0 Å². The average Bonchev–Trinajstić information content (AvgIpc) is 2.82. The molecule has 1 aliphatic heterocycles. The van der Waals surface area contributed by atoms with Crippen molar-refractivity contribution in [2.24, 2.45) is 0 Å². The van der Waals surface area contributed by atoms with Crippen LogP contribution in [0.3, 0.4) is 0 Å². The molecule has 2 aromatic heterocycles. The van der Waals surface area contributed by atoms with Crippen LogP contribution in [0.1, 0.15) is 11.1 Å². The predicted molar refractivity (Wildman–Crippen MR) is 127 cm³/mol. The summed E-state index contributed by atoms with van der Waals surface area (Å²) < 4.78 is 22.6. The minimum absolute atomic E-state index is 0.0536. The second-order valence-electron chi connectivity index (χ2n) is 7.72. The van der Waals surface area contributed by atoms with Gasteiger partial charge in [0.15, 0.2) is 11.4 Å². The third-order valence-corrected chi connectivity index (χ3v) is 7.03. The van der Waals surface area contributed by atoms with E-state index in [1.807, 2.05) is 0 Å². The molecule has 0 radical (unpaired) electrons. The van der Waals surface area contributed by atoms with E-state index in [1.165, 1.54) is 34.0 Å². The lowest BCUT2D eigenvalue weighted by atomic mass is 10.1. The fraction of sp³-hybridized carbons (Fsp3) is 0.0909. The zero-order chi connectivity index (χ0) is 24.0. The lowest BCUT2D eigenvalue weighted by molar-refractivity contribution is -0.384. The number of hydrazine groups is 1. The third kappa shape index (κ3) is 3.64. The fourth-order valence-electron chi connectivity index (χ4n) is 4.03. The highest BCUT2D eigenvalue weighted by Crippen LogP contribution is 2.50. The molecule has 0 unspecified atom stereocenters. The minimum atomic E-state index is -3.49. The molecule has 5 rings (SSSR count). The van der Waals surface area contributed by atoms with Gasteiger partial charge in [0.25, 0.3) is 11.2 Å². The maximum Gasteiger partial charge on any atom is 0.281 e. The van der Waals surface area contributed by atoms with Crippen LogP contribution in [0.5, 0.6) is 5.75 Å². The van der Waals surface area contributed by atoms with Crippen LogP contribution in [0.4, 0.5) is 11.4 Å². The Labute approximate surface area is 194 Å². The quantitative estimate of drug-likeness (QED) is 0.253. The number of pyridine rings is 2. The highest BCUT2D eigenvalue weighted by atomic mass is 32.3. The van der Waals surface area contributed by atoms with Crippen molar-refractivity contribution in [3.8, 4) is 5.75 Å². The van der Waals surface area contributed by atoms with Crippen molar-refractivity contribution in [2.75, 3.05) is 5.01 Å². The van der Waals surface area contributed by atoms with Crippen molar-refractivity contribution in [2.45, 2.75) is 18.0 Å². The van der Waals surface area contributed by atoms with Crippen LogP contribution >= 0.6 is 10.8 Å². The van der Waals surface area contributed by atoms with Crippen LogP contribution in [0.25, 0.3) is 11.0 Å². The molecule has 0 amide bonds. The molecule has 1 aliphatic rings. The summed E-state index contributed by atoms with van der Waals surface area (Å²) in [5, 5.41) is 23.7. The van der Waals surface area contributed by atoms with Gasteiger partial charge in [-0.05, 0) is 29.3 Å². The van der Waals surface area contributed by atoms with Crippen LogP contribution in [0.2, 0.25) is 0 Å². The van der Waals surface area contributed by atoms with Gasteiger partial charge in [-0.25, -0.2) is 4.98 Å². The highest BCUT2D eigenvalue weighted by molar-refractivity contribution is 8.22. The van der Waals surface area contributed by atoms with Crippen LogP contribution in [-0.2, 0) is 13.1 Å². The number of rotatable bonds is 4. The zero-order valence-corrected chi connectivity index (χ0v) is 18.3. The number of benzene rings is 2. The summed E-state index contributed by atoms with van der Waals surface area (Å²) in [5.74, 6) is -0.370. The first kappa shape index (κ1) is 21.9. The number of aromatic nitrogens is 2. The van der Waals surface area contributed by atoms with E-state index >= 15 is 0 Å². The Morgan fingerprint density at radius 1 is 1.12 bits per heavy atom. The molecule has 174 valence electrons. The number of hydrogen-bond acceptors (Lipinski definition) is 9. The second-order valence-corrected chi connectivity index (χ2v) is 9.44. The van der Waals surface area contributed by atoms with Gasteiger partial charge in [-0.1, -0.05) is 41.1 Å². The first-order valence-corrected chi connectivity index (χ1v) is 11.7. The van der Waals surface area contributed by atoms with Crippen molar-refractivity contribution in [3.63, 3.8) is 0 Å². The van der Waals surface area contributed by atoms with Crippen LogP contribution in [0, 0.1) is 10.1 Å². The molecule has 34 heavy (non-hydrogen) atoms. The number of nitro groups is 1. The summed E-state index contributed by atoms with van der Waals surface area (Å²) in [6.07, 6.45) is 1.47. The first-order chi connectivity index (χ1) is 16.3. The summed E-state index contributed by atoms with van der Waals surface area (Å²) in [6.45, 7) is 0.0272. The standard InChI is InChI=1S/C22H19N5O6S/c28-20-17-8-4-10-23-21(17)25(12-14-5-3-7-16(11-14)27(30)31)22(29)19(20)26-13-15-6-1-2-9-18(15)34(32,33)24-26/h1-11,24,28,32-33H,12-13H2. The molecule has 2 aromatic carbocycles. The van der Waals surface area contributed by atoms with E-state index in [4.69, 9.17) is 0 Å². The summed E-state index contributed by atoms with van der Waals surface area (Å²) in [6, 6.07) is 15.8. The Morgan fingerprint density at radius 3 is 2.71 bits per heavy atom. The molecule has 3 heterocycles. The number of nitrogens with zero attached hydrogens (tertiary/aromatic N) is 4. The van der Waals surface area contributed by atoms with E-state index < -0.39 is 21.3 Å². The molecule has 0 saturated carbocycles. The van der Waals surface area contributed by atoms with E-state index in [9.17, 15) is 29.1 Å². The van der Waals surface area contributed by atoms with Crippen molar-refractivity contribution < 1.29 is 19.1 Å². The topological polar surface area (TPSA) is 154 Å². The molecule has 4 N–H and O–H groups in total. The van der Waals surface area contributed by atoms with Crippen LogP contribution in [-0.4, -0.2) is 28.7 Å². The van der Waals surface area contributed by atoms with Gasteiger partial charge < -0.3 is 5.11 Å². The lowest BCUT2D eigenvalue weighted by Gasteiger charge is -2.44. The number of non-ortho nitro benzene ring substituents is 1. The van der Waals surface area contributed by atoms with Crippen molar-refractivity contribution in [1.82, 2.24) is 14.4 Å². The number of aromatic hydroxyl groups is 1. The SMILES string of the molecule is O=c1c(N2Cc3ccccc3S(O)(O)N2)c(O)c2cccnc2n1Cc1cccc([N+](=O)[O-])c1. The van der Waals surface area contributed by atoms with Gasteiger partial charge in [-0.3, -0.25) is 33.6 Å². The molecule has 12 heteroatoms. The third-order valence-electron chi connectivity index (χ3n) is 5.55. The van der Waals surface area contributed by atoms with Crippen LogP contribution < -0.4 is 15.4 Å². The first-order valence-electron chi connectivity index (χ1n) is 10.1. The Hall–Kier alpha value is -3.97. The van der Waals surface area contributed by atoms with E-state index in [1.54, 1.807) is 42.5 Å². The van der Waals surface area contributed by atoms with Crippen molar-refractivity contribution in [1.29, 1.82) is 0 Å². The van der Waals surface area contributed by atoms with Gasteiger partial charge in [0.05, 0.1) is 28.3 Å². The summed E-state index contributed by atoms with van der Waals surface area (Å²) in [5.41, 5.74) is 0.282. The lowest BCUT2D eigenvalue weighted by Crippen LogP contribution is -2.46. The molecule has 0 saturated heterocycles. The van der Waals surface area contributed by atoms with Gasteiger partial charge in [-0.15, -0.1) is 4.83 Å². The molecule has 0 bridgehead atoms. The van der Waals surface area contributed by atoms with Crippen molar-refractivity contribution >= 4 is 33.2 Å². The van der Waals surface area contributed by atoms with E-state index in [0.29, 0.717) is 16.0 Å². The van der Waals surface area contributed by atoms with Gasteiger partial charge in [0.2, 0.25) is 0 Å². The Balaban J connectivity index is 1.68.